The highest BCUT2D eigenvalue weighted by atomic mass is 127. The van der Waals surface area contributed by atoms with Gasteiger partial charge < -0.3 is 15.1 Å². The summed E-state index contributed by atoms with van der Waals surface area (Å²) in [5, 5.41) is 11.1. The molecule has 1 fully saturated rings. The summed E-state index contributed by atoms with van der Waals surface area (Å²) in [6.07, 6.45) is 7.31. The van der Waals surface area contributed by atoms with Crippen molar-refractivity contribution in [3.63, 3.8) is 0 Å². The molecule has 7 nitrogen and oxygen atoms in total. The molecule has 2 N–H and O–H groups in total. The van der Waals surface area contributed by atoms with Crippen LogP contribution < -0.4 is 10.6 Å². The van der Waals surface area contributed by atoms with E-state index in [2.05, 4.69) is 31.7 Å². The van der Waals surface area contributed by atoms with Crippen LogP contribution in [0, 0.1) is 6.92 Å². The first-order valence-corrected chi connectivity index (χ1v) is 9.48. The maximum absolute atomic E-state index is 5.91. The van der Waals surface area contributed by atoms with Gasteiger partial charge in [0.2, 0.25) is 0 Å². The van der Waals surface area contributed by atoms with Crippen molar-refractivity contribution in [3.8, 4) is 0 Å². The Balaban J connectivity index is 0.00000261. The first kappa shape index (κ1) is 21.7. The summed E-state index contributed by atoms with van der Waals surface area (Å²) in [5.74, 6) is 2.83. The topological polar surface area (TPSA) is 70.6 Å². The number of hydrogen-bond donors (Lipinski definition) is 2. The van der Waals surface area contributed by atoms with Crippen LogP contribution in [0.25, 0.3) is 0 Å². The Hall–Kier alpha value is -1.55. The van der Waals surface area contributed by atoms with Gasteiger partial charge in [0, 0.05) is 39.1 Å². The Morgan fingerprint density at radius 1 is 1.30 bits per heavy atom. The molecule has 2 aromatic heterocycles. The molecule has 0 spiro atoms. The van der Waals surface area contributed by atoms with Gasteiger partial charge in [-0.2, -0.15) is 5.10 Å². The standard InChI is InChI=1S/C19H30N6O.HI/c1-16-7-8-18(26-16)17(24-11-3-4-12-24)15-22-19(20-2)21-9-5-13-25-14-6-10-23-25;/h6-8,10,14,17H,3-5,9,11-13,15H2,1-2H3,(H2,20,21,22);1H. The van der Waals surface area contributed by atoms with E-state index in [1.54, 1.807) is 0 Å². The van der Waals surface area contributed by atoms with E-state index in [1.807, 2.05) is 43.2 Å². The van der Waals surface area contributed by atoms with Crippen molar-refractivity contribution in [3.05, 3.63) is 42.1 Å². The van der Waals surface area contributed by atoms with Gasteiger partial charge in [-0.15, -0.1) is 24.0 Å². The predicted octanol–water partition coefficient (Wildman–Crippen LogP) is 2.79. The Bertz CT molecular complexity index is 678. The monoisotopic (exact) mass is 486 g/mol. The molecule has 0 bridgehead atoms. The summed E-state index contributed by atoms with van der Waals surface area (Å²) in [6.45, 7) is 6.79. The molecule has 150 valence electrons. The molecule has 2 aromatic rings. The van der Waals surface area contributed by atoms with Gasteiger partial charge in [-0.3, -0.25) is 14.6 Å². The van der Waals surface area contributed by atoms with Crippen molar-refractivity contribution in [2.24, 2.45) is 4.99 Å². The maximum Gasteiger partial charge on any atom is 0.191 e. The van der Waals surface area contributed by atoms with Gasteiger partial charge in [-0.1, -0.05) is 0 Å². The van der Waals surface area contributed by atoms with E-state index >= 15 is 0 Å². The highest BCUT2D eigenvalue weighted by Crippen LogP contribution is 2.26. The molecule has 1 saturated heterocycles. The van der Waals surface area contributed by atoms with Crippen molar-refractivity contribution < 1.29 is 4.42 Å². The van der Waals surface area contributed by atoms with Crippen molar-refractivity contribution in [2.45, 2.75) is 38.8 Å². The Morgan fingerprint density at radius 3 is 2.74 bits per heavy atom. The molecule has 8 heteroatoms. The van der Waals surface area contributed by atoms with Crippen LogP contribution in [0.3, 0.4) is 0 Å². The smallest absolute Gasteiger partial charge is 0.191 e. The second-order valence-electron chi connectivity index (χ2n) is 6.71. The molecule has 27 heavy (non-hydrogen) atoms. The van der Waals surface area contributed by atoms with E-state index in [1.165, 1.54) is 12.8 Å². The van der Waals surface area contributed by atoms with Crippen molar-refractivity contribution in [2.75, 3.05) is 33.2 Å². The summed E-state index contributed by atoms with van der Waals surface area (Å²) in [6, 6.07) is 6.33. The van der Waals surface area contributed by atoms with E-state index < -0.39 is 0 Å². The number of nitrogens with zero attached hydrogens (tertiary/aromatic N) is 4. The average molecular weight is 486 g/mol. The number of aromatic nitrogens is 2. The van der Waals surface area contributed by atoms with E-state index in [4.69, 9.17) is 4.42 Å². The number of likely N-dealkylation sites (tertiary alicyclic amines) is 1. The lowest BCUT2D eigenvalue weighted by atomic mass is 10.2. The van der Waals surface area contributed by atoms with Gasteiger partial charge in [-0.05, 0) is 57.5 Å². The number of nitrogens with one attached hydrogen (secondary N) is 2. The second kappa shape index (κ2) is 11.3. The Labute approximate surface area is 178 Å². The molecule has 1 atom stereocenters. The number of aliphatic imine (C=N–C) groups is 1. The zero-order valence-corrected chi connectivity index (χ0v) is 18.6. The first-order chi connectivity index (χ1) is 12.8. The normalized spacial score (nSPS) is 16.1. The fraction of sp³-hybridized carbons (Fsp3) is 0.579. The molecule has 0 aromatic carbocycles. The molecule has 0 aliphatic carbocycles. The largest absolute Gasteiger partial charge is 0.465 e. The third kappa shape index (κ3) is 6.53. The highest BCUT2D eigenvalue weighted by molar-refractivity contribution is 14.0. The van der Waals surface area contributed by atoms with E-state index in [-0.39, 0.29) is 30.0 Å². The van der Waals surface area contributed by atoms with Gasteiger partial charge in [0.05, 0.1) is 6.04 Å². The third-order valence-corrected chi connectivity index (χ3v) is 4.77. The van der Waals surface area contributed by atoms with E-state index in [0.29, 0.717) is 0 Å². The average Bonchev–Trinajstić information content (AvgIpc) is 3.40. The molecule has 3 heterocycles. The zero-order chi connectivity index (χ0) is 18.2. The molecule has 1 aliphatic heterocycles. The molecular formula is C19H31IN6O. The lowest BCUT2D eigenvalue weighted by molar-refractivity contribution is 0.213. The summed E-state index contributed by atoms with van der Waals surface area (Å²) >= 11 is 0. The van der Waals surface area contributed by atoms with Crippen molar-refractivity contribution in [1.29, 1.82) is 0 Å². The van der Waals surface area contributed by atoms with Crippen LogP contribution >= 0.6 is 24.0 Å². The predicted molar refractivity (Wildman–Crippen MR) is 119 cm³/mol. The fourth-order valence-corrected chi connectivity index (χ4v) is 3.39. The second-order valence-corrected chi connectivity index (χ2v) is 6.71. The van der Waals surface area contributed by atoms with Crippen LogP contribution in [0.4, 0.5) is 0 Å². The molecule has 3 rings (SSSR count). The Morgan fingerprint density at radius 2 is 2.11 bits per heavy atom. The summed E-state index contributed by atoms with van der Waals surface area (Å²) in [7, 11) is 1.81. The van der Waals surface area contributed by atoms with Gasteiger partial charge in [0.25, 0.3) is 0 Å². The van der Waals surface area contributed by atoms with Gasteiger partial charge >= 0.3 is 0 Å². The molecule has 1 aliphatic rings. The zero-order valence-electron chi connectivity index (χ0n) is 16.2. The minimum Gasteiger partial charge on any atom is -0.465 e. The minimum absolute atomic E-state index is 0. The molecule has 1 unspecified atom stereocenters. The van der Waals surface area contributed by atoms with Gasteiger partial charge in [0.1, 0.15) is 11.5 Å². The van der Waals surface area contributed by atoms with Crippen LogP contribution in [0.5, 0.6) is 0 Å². The van der Waals surface area contributed by atoms with Crippen molar-refractivity contribution >= 4 is 29.9 Å². The quantitative estimate of drug-likeness (QED) is 0.260. The summed E-state index contributed by atoms with van der Waals surface area (Å²) in [5.41, 5.74) is 0. The van der Waals surface area contributed by atoms with Crippen LogP contribution in [-0.4, -0.2) is 53.9 Å². The number of hydrogen-bond acceptors (Lipinski definition) is 4. The van der Waals surface area contributed by atoms with Crippen LogP contribution in [0.15, 0.2) is 40.0 Å². The number of aryl methyl sites for hydroxylation is 2. The molecular weight excluding hydrogens is 455 g/mol. The van der Waals surface area contributed by atoms with Crippen LogP contribution in [-0.2, 0) is 6.54 Å². The first-order valence-electron chi connectivity index (χ1n) is 9.48. The van der Waals surface area contributed by atoms with Crippen LogP contribution in [0.2, 0.25) is 0 Å². The summed E-state index contributed by atoms with van der Waals surface area (Å²) in [4.78, 5) is 6.84. The van der Waals surface area contributed by atoms with E-state index in [0.717, 1.165) is 56.6 Å². The lowest BCUT2D eigenvalue weighted by Crippen LogP contribution is -2.43. The van der Waals surface area contributed by atoms with E-state index in [9.17, 15) is 0 Å². The third-order valence-electron chi connectivity index (χ3n) is 4.77. The number of rotatable bonds is 8. The fourth-order valence-electron chi connectivity index (χ4n) is 3.39. The lowest BCUT2D eigenvalue weighted by Gasteiger charge is -2.26. The number of guanidine groups is 1. The molecule has 0 saturated carbocycles. The molecule has 0 radical (unpaired) electrons. The van der Waals surface area contributed by atoms with Crippen LogP contribution in [0.1, 0.15) is 36.8 Å². The number of furan rings is 1. The minimum atomic E-state index is 0. The SMILES string of the molecule is CN=C(NCCCn1cccn1)NCC(c1ccc(C)o1)N1CCCC1.I. The van der Waals surface area contributed by atoms with Crippen molar-refractivity contribution in [1.82, 2.24) is 25.3 Å². The van der Waals surface area contributed by atoms with Gasteiger partial charge in [0.15, 0.2) is 5.96 Å². The van der Waals surface area contributed by atoms with Gasteiger partial charge in [-0.25, -0.2) is 0 Å². The Kier molecular flexibility index (Phi) is 9.12. The summed E-state index contributed by atoms with van der Waals surface area (Å²) < 4.78 is 7.86. The highest BCUT2D eigenvalue weighted by Gasteiger charge is 2.26. The maximum atomic E-state index is 5.91. The number of halogens is 1. The molecule has 0 amide bonds.